The standard InChI is InChI=1S/C25H33N3O5/c1-2-33-25(32)19-7-9-20(10-8-19)28-22(29)17-21(24(28)31)26-15-11-18(12-16-26)23(30)27-13-5-3-4-6-14-27/h7-10,18,21H,2-6,11-17H2,1H3/t21-/m1/s1. The number of benzene rings is 1. The van der Waals surface area contributed by atoms with Gasteiger partial charge in [-0.2, -0.15) is 0 Å². The van der Waals surface area contributed by atoms with Crippen molar-refractivity contribution in [1.82, 2.24) is 9.80 Å². The number of carbonyl (C=O) groups is 4. The molecule has 178 valence electrons. The topological polar surface area (TPSA) is 87.2 Å². The molecule has 0 aromatic heterocycles. The Labute approximate surface area is 194 Å². The number of piperidine rings is 1. The Morgan fingerprint density at radius 2 is 1.58 bits per heavy atom. The molecular weight excluding hydrogens is 422 g/mol. The molecule has 8 heteroatoms. The molecular formula is C25H33N3O5. The van der Waals surface area contributed by atoms with Gasteiger partial charge in [0.25, 0.3) is 5.91 Å². The van der Waals surface area contributed by atoms with Gasteiger partial charge in [-0.05, 0) is 70.0 Å². The molecule has 0 aliphatic carbocycles. The van der Waals surface area contributed by atoms with Gasteiger partial charge in [0.2, 0.25) is 11.8 Å². The highest BCUT2D eigenvalue weighted by molar-refractivity contribution is 6.22. The van der Waals surface area contributed by atoms with Gasteiger partial charge < -0.3 is 9.64 Å². The molecule has 3 heterocycles. The summed E-state index contributed by atoms with van der Waals surface area (Å²) in [4.78, 5) is 55.9. The molecule has 0 bridgehead atoms. The van der Waals surface area contributed by atoms with E-state index in [9.17, 15) is 19.2 Å². The molecule has 3 saturated heterocycles. The molecule has 0 unspecified atom stereocenters. The van der Waals surface area contributed by atoms with Gasteiger partial charge in [-0.25, -0.2) is 9.69 Å². The van der Waals surface area contributed by atoms with Crippen molar-refractivity contribution in [1.29, 1.82) is 0 Å². The Balaban J connectivity index is 1.35. The number of imide groups is 1. The van der Waals surface area contributed by atoms with E-state index in [4.69, 9.17) is 4.74 Å². The molecule has 3 fully saturated rings. The summed E-state index contributed by atoms with van der Waals surface area (Å²) in [6, 6.07) is 5.87. The maximum absolute atomic E-state index is 13.1. The Bertz CT molecular complexity index is 884. The first-order valence-corrected chi connectivity index (χ1v) is 12.2. The number of hydrogen-bond acceptors (Lipinski definition) is 6. The zero-order chi connectivity index (χ0) is 23.4. The number of carbonyl (C=O) groups excluding carboxylic acids is 4. The van der Waals surface area contributed by atoms with Crippen molar-refractivity contribution >= 4 is 29.4 Å². The highest BCUT2D eigenvalue weighted by Gasteiger charge is 2.44. The van der Waals surface area contributed by atoms with Crippen LogP contribution in [0.3, 0.4) is 0 Å². The van der Waals surface area contributed by atoms with E-state index in [0.29, 0.717) is 24.3 Å². The third kappa shape index (κ3) is 5.11. The van der Waals surface area contributed by atoms with Crippen LogP contribution in [0.15, 0.2) is 24.3 Å². The van der Waals surface area contributed by atoms with E-state index in [1.165, 1.54) is 17.7 Å². The van der Waals surface area contributed by atoms with E-state index in [0.717, 1.165) is 38.8 Å². The molecule has 3 aliphatic rings. The maximum Gasteiger partial charge on any atom is 0.338 e. The fraction of sp³-hybridized carbons (Fsp3) is 0.600. The second-order valence-electron chi connectivity index (χ2n) is 9.10. The second kappa shape index (κ2) is 10.5. The van der Waals surface area contributed by atoms with Crippen molar-refractivity contribution in [2.24, 2.45) is 5.92 Å². The van der Waals surface area contributed by atoms with Crippen LogP contribution in [-0.2, 0) is 19.1 Å². The summed E-state index contributed by atoms with van der Waals surface area (Å²) < 4.78 is 4.98. The number of nitrogens with zero attached hydrogens (tertiary/aromatic N) is 3. The van der Waals surface area contributed by atoms with Gasteiger partial charge in [-0.3, -0.25) is 19.3 Å². The lowest BCUT2D eigenvalue weighted by Gasteiger charge is -2.36. The van der Waals surface area contributed by atoms with Crippen LogP contribution in [0.5, 0.6) is 0 Å². The van der Waals surface area contributed by atoms with E-state index in [1.54, 1.807) is 31.2 Å². The first-order chi connectivity index (χ1) is 16.0. The van der Waals surface area contributed by atoms with Crippen molar-refractivity contribution in [3.63, 3.8) is 0 Å². The maximum atomic E-state index is 13.1. The molecule has 1 aromatic carbocycles. The highest BCUT2D eigenvalue weighted by atomic mass is 16.5. The molecule has 0 N–H and O–H groups in total. The lowest BCUT2D eigenvalue weighted by atomic mass is 9.94. The van der Waals surface area contributed by atoms with Gasteiger partial charge in [0.1, 0.15) is 0 Å². The second-order valence-corrected chi connectivity index (χ2v) is 9.10. The summed E-state index contributed by atoms with van der Waals surface area (Å²) in [6.07, 6.45) is 6.15. The zero-order valence-electron chi connectivity index (χ0n) is 19.3. The highest BCUT2D eigenvalue weighted by Crippen LogP contribution is 2.30. The third-order valence-electron chi connectivity index (χ3n) is 7.00. The van der Waals surface area contributed by atoms with Crippen LogP contribution in [0.2, 0.25) is 0 Å². The minimum atomic E-state index is -0.489. The molecule has 33 heavy (non-hydrogen) atoms. The van der Waals surface area contributed by atoms with E-state index < -0.39 is 12.0 Å². The number of esters is 1. The predicted molar refractivity (Wildman–Crippen MR) is 123 cm³/mol. The molecule has 1 aromatic rings. The summed E-state index contributed by atoms with van der Waals surface area (Å²) in [5.41, 5.74) is 0.846. The van der Waals surface area contributed by atoms with Crippen molar-refractivity contribution in [2.45, 2.75) is 57.9 Å². The minimum Gasteiger partial charge on any atom is -0.462 e. The number of ether oxygens (including phenoxy) is 1. The fourth-order valence-electron chi connectivity index (χ4n) is 5.14. The lowest BCUT2D eigenvalue weighted by molar-refractivity contribution is -0.137. The first kappa shape index (κ1) is 23.4. The molecule has 3 aliphatic heterocycles. The Kier molecular flexibility index (Phi) is 7.42. The van der Waals surface area contributed by atoms with Crippen molar-refractivity contribution in [3.8, 4) is 0 Å². The molecule has 8 nitrogen and oxygen atoms in total. The lowest BCUT2D eigenvalue weighted by Crippen LogP contribution is -2.48. The normalized spacial score (nSPS) is 23.0. The first-order valence-electron chi connectivity index (χ1n) is 12.2. The predicted octanol–water partition coefficient (Wildman–Crippen LogP) is 2.61. The van der Waals surface area contributed by atoms with Crippen molar-refractivity contribution in [2.75, 3.05) is 37.7 Å². The zero-order valence-corrected chi connectivity index (χ0v) is 19.3. The number of amides is 3. The summed E-state index contributed by atoms with van der Waals surface area (Å²) >= 11 is 0. The molecule has 3 amide bonds. The van der Waals surface area contributed by atoms with E-state index in [2.05, 4.69) is 4.90 Å². The summed E-state index contributed by atoms with van der Waals surface area (Å²) in [5.74, 6) is -0.636. The smallest absolute Gasteiger partial charge is 0.338 e. The van der Waals surface area contributed by atoms with Crippen molar-refractivity contribution in [3.05, 3.63) is 29.8 Å². The average molecular weight is 456 g/mol. The summed E-state index contributed by atoms with van der Waals surface area (Å²) in [5, 5.41) is 0. The van der Waals surface area contributed by atoms with Gasteiger partial charge in [0.05, 0.1) is 30.3 Å². The fourth-order valence-corrected chi connectivity index (χ4v) is 5.14. The number of rotatable bonds is 5. The summed E-state index contributed by atoms with van der Waals surface area (Å²) in [7, 11) is 0. The monoisotopic (exact) mass is 455 g/mol. The largest absolute Gasteiger partial charge is 0.462 e. The van der Waals surface area contributed by atoms with Crippen LogP contribution in [0, 0.1) is 5.92 Å². The van der Waals surface area contributed by atoms with Crippen LogP contribution in [0.25, 0.3) is 0 Å². The van der Waals surface area contributed by atoms with Crippen LogP contribution in [-0.4, -0.2) is 72.3 Å². The van der Waals surface area contributed by atoms with Crippen LogP contribution < -0.4 is 4.90 Å². The Morgan fingerprint density at radius 1 is 0.939 bits per heavy atom. The van der Waals surface area contributed by atoms with Crippen LogP contribution in [0.4, 0.5) is 5.69 Å². The van der Waals surface area contributed by atoms with Gasteiger partial charge in [-0.15, -0.1) is 0 Å². The molecule has 0 saturated carbocycles. The Morgan fingerprint density at radius 3 is 2.18 bits per heavy atom. The Hall–Kier alpha value is -2.74. The third-order valence-corrected chi connectivity index (χ3v) is 7.00. The van der Waals surface area contributed by atoms with E-state index in [1.807, 2.05) is 4.90 Å². The van der Waals surface area contributed by atoms with Crippen LogP contribution in [0.1, 0.15) is 62.2 Å². The molecule has 0 radical (unpaired) electrons. The number of anilines is 1. The average Bonchev–Trinajstić information content (AvgIpc) is 3.00. The van der Waals surface area contributed by atoms with Gasteiger partial charge >= 0.3 is 5.97 Å². The molecule has 1 atom stereocenters. The SMILES string of the molecule is CCOC(=O)c1ccc(N2C(=O)C[C@@H](N3CCC(C(=O)N4CCCCCC4)CC3)C2=O)cc1. The van der Waals surface area contributed by atoms with Gasteiger partial charge in [0, 0.05) is 19.0 Å². The van der Waals surface area contributed by atoms with Gasteiger partial charge in [-0.1, -0.05) is 12.8 Å². The quantitative estimate of drug-likeness (QED) is 0.501. The minimum absolute atomic E-state index is 0.0121. The number of likely N-dealkylation sites (tertiary alicyclic amines) is 2. The van der Waals surface area contributed by atoms with Crippen LogP contribution >= 0.6 is 0 Å². The number of hydrogen-bond donors (Lipinski definition) is 0. The van der Waals surface area contributed by atoms with E-state index in [-0.39, 0.29) is 36.7 Å². The van der Waals surface area contributed by atoms with Crippen molar-refractivity contribution < 1.29 is 23.9 Å². The molecule has 0 spiro atoms. The van der Waals surface area contributed by atoms with Gasteiger partial charge in [0.15, 0.2) is 0 Å². The summed E-state index contributed by atoms with van der Waals surface area (Å²) in [6.45, 7) is 5.03. The molecule has 4 rings (SSSR count). The van der Waals surface area contributed by atoms with E-state index >= 15 is 0 Å².